The van der Waals surface area contributed by atoms with Crippen LogP contribution in [0.4, 0.5) is 4.79 Å². The molecule has 3 heterocycles. The van der Waals surface area contributed by atoms with E-state index in [4.69, 9.17) is 9.08 Å². The molecule has 0 radical (unpaired) electrons. The number of amidine groups is 1. The molecule has 2 amide bonds. The standard InChI is InChI=1S/C16H28N6O6SSi/c1-16(2,3)30(6,7)27-19-14(17-4)13-12-10(8-18-20(12)5)11-9-21(13)15(23)22(11)28-29(24,25)26/h8,11,13H,9H2,1-7H3,(H,17,19)(H,24,25,26). The average molecular weight is 461 g/mol. The van der Waals surface area contributed by atoms with Gasteiger partial charge in [-0.05, 0) is 18.1 Å². The highest BCUT2D eigenvalue weighted by Crippen LogP contribution is 2.44. The first-order valence-corrected chi connectivity index (χ1v) is 13.7. The second kappa shape index (κ2) is 7.21. The smallest absolute Gasteiger partial charge is 0.418 e. The van der Waals surface area contributed by atoms with Gasteiger partial charge in [0.2, 0.25) is 0 Å². The van der Waals surface area contributed by atoms with Crippen LogP contribution in [-0.2, 0) is 26.3 Å². The summed E-state index contributed by atoms with van der Waals surface area (Å²) < 4.78 is 43.8. The lowest BCUT2D eigenvalue weighted by atomic mass is 9.97. The molecule has 14 heteroatoms. The molecule has 1 fully saturated rings. The molecule has 2 atom stereocenters. The number of amides is 2. The SMILES string of the molecule is CN/C(=N\O[Si](C)(C)C(C)(C)C)C1c2c(cnn2C)C2CN1C(=O)N2OS(=O)(=O)O. The van der Waals surface area contributed by atoms with Crippen LogP contribution in [0.25, 0.3) is 0 Å². The van der Waals surface area contributed by atoms with E-state index in [1.807, 2.05) is 0 Å². The molecule has 0 saturated carbocycles. The van der Waals surface area contributed by atoms with Crippen LogP contribution in [0.5, 0.6) is 0 Å². The van der Waals surface area contributed by atoms with Gasteiger partial charge < -0.3 is 14.7 Å². The first-order chi connectivity index (χ1) is 13.7. The molecular weight excluding hydrogens is 432 g/mol. The van der Waals surface area contributed by atoms with Gasteiger partial charge in [0.1, 0.15) is 12.1 Å². The van der Waals surface area contributed by atoms with Crippen molar-refractivity contribution in [1.82, 2.24) is 25.1 Å². The van der Waals surface area contributed by atoms with Gasteiger partial charge >= 0.3 is 16.4 Å². The van der Waals surface area contributed by atoms with E-state index in [-0.39, 0.29) is 11.6 Å². The van der Waals surface area contributed by atoms with Crippen molar-refractivity contribution in [3.8, 4) is 0 Å². The number of likely N-dealkylation sites (N-methyl/N-ethyl adjacent to an activating group) is 1. The number of aryl methyl sites for hydroxylation is 1. The minimum atomic E-state index is -4.88. The zero-order valence-corrected chi connectivity index (χ0v) is 19.9. The van der Waals surface area contributed by atoms with Crippen molar-refractivity contribution < 1.29 is 26.6 Å². The molecule has 0 aromatic carbocycles. The topological polar surface area (TPSA) is 139 Å². The maximum Gasteiger partial charge on any atom is 0.418 e. The Bertz CT molecular complexity index is 985. The number of nitrogens with one attached hydrogen (secondary N) is 1. The Labute approximate surface area is 176 Å². The summed E-state index contributed by atoms with van der Waals surface area (Å²) in [6.45, 7) is 10.5. The highest BCUT2D eigenvalue weighted by Gasteiger charge is 2.53. The summed E-state index contributed by atoms with van der Waals surface area (Å²) in [5.74, 6) is 0.380. The third-order valence-electron chi connectivity index (χ3n) is 5.90. The Hall–Kier alpha value is -2.16. The maximum absolute atomic E-state index is 12.9. The number of carbonyl (C=O) groups excluding carboxylic acids is 1. The van der Waals surface area contributed by atoms with Gasteiger partial charge in [-0.15, -0.1) is 4.28 Å². The van der Waals surface area contributed by atoms with Gasteiger partial charge in [-0.1, -0.05) is 25.9 Å². The summed E-state index contributed by atoms with van der Waals surface area (Å²) in [4.78, 5) is 14.3. The van der Waals surface area contributed by atoms with Crippen molar-refractivity contribution in [2.45, 2.75) is 51.0 Å². The highest BCUT2D eigenvalue weighted by atomic mass is 32.3. The summed E-state index contributed by atoms with van der Waals surface area (Å²) in [7, 11) is -3.71. The fourth-order valence-corrected chi connectivity index (χ4v) is 4.21. The third kappa shape index (κ3) is 3.79. The van der Waals surface area contributed by atoms with Crippen LogP contribution < -0.4 is 5.32 Å². The number of aromatic nitrogens is 2. The van der Waals surface area contributed by atoms with Crippen LogP contribution in [0.2, 0.25) is 18.1 Å². The van der Waals surface area contributed by atoms with E-state index in [2.05, 4.69) is 53.7 Å². The van der Waals surface area contributed by atoms with Crippen LogP contribution in [0.15, 0.2) is 11.4 Å². The number of urea groups is 1. The zero-order chi connectivity index (χ0) is 22.6. The predicted molar refractivity (Wildman–Crippen MR) is 110 cm³/mol. The monoisotopic (exact) mass is 460 g/mol. The van der Waals surface area contributed by atoms with Crippen molar-refractivity contribution in [3.63, 3.8) is 0 Å². The molecular formula is C16H28N6O6SSi. The largest absolute Gasteiger partial charge is 0.453 e. The molecule has 3 rings (SSSR count). The summed E-state index contributed by atoms with van der Waals surface area (Å²) in [5.41, 5.74) is 1.25. The number of nitrogens with zero attached hydrogens (tertiary/aromatic N) is 5. The number of oxime groups is 1. The summed E-state index contributed by atoms with van der Waals surface area (Å²) in [6.07, 6.45) is 1.55. The molecule has 30 heavy (non-hydrogen) atoms. The normalized spacial score (nSPS) is 22.4. The van der Waals surface area contributed by atoms with E-state index < -0.39 is 36.8 Å². The number of fused-ring (bicyclic) bond motifs is 4. The van der Waals surface area contributed by atoms with E-state index >= 15 is 0 Å². The lowest BCUT2D eigenvalue weighted by molar-refractivity contribution is -0.0316. The van der Waals surface area contributed by atoms with Crippen LogP contribution in [0, 0.1) is 0 Å². The number of hydrogen-bond donors (Lipinski definition) is 2. The number of carbonyl (C=O) groups is 1. The molecule has 0 spiro atoms. The maximum atomic E-state index is 12.9. The van der Waals surface area contributed by atoms with Gasteiger partial charge in [0, 0.05) is 19.7 Å². The highest BCUT2D eigenvalue weighted by molar-refractivity contribution is 7.80. The van der Waals surface area contributed by atoms with Gasteiger partial charge in [0.05, 0.1) is 18.4 Å². The Kier molecular flexibility index (Phi) is 5.41. The molecule has 2 N–H and O–H groups in total. The predicted octanol–water partition coefficient (Wildman–Crippen LogP) is 1.54. The molecule has 2 aliphatic rings. The van der Waals surface area contributed by atoms with Gasteiger partial charge in [0.25, 0.3) is 8.32 Å². The molecule has 2 bridgehead atoms. The fourth-order valence-electron chi connectivity index (χ4n) is 3.24. The second-order valence-corrected chi connectivity index (χ2v) is 14.6. The van der Waals surface area contributed by atoms with Gasteiger partial charge in [-0.3, -0.25) is 9.23 Å². The van der Waals surface area contributed by atoms with Crippen LogP contribution in [0.1, 0.15) is 44.1 Å². The van der Waals surface area contributed by atoms with Crippen molar-refractivity contribution in [2.75, 3.05) is 13.6 Å². The van der Waals surface area contributed by atoms with E-state index in [0.717, 1.165) is 0 Å². The zero-order valence-electron chi connectivity index (χ0n) is 18.1. The first kappa shape index (κ1) is 22.5. The van der Waals surface area contributed by atoms with Crippen LogP contribution >= 0.6 is 0 Å². The average Bonchev–Trinajstić information content (AvgIpc) is 3.10. The molecule has 1 saturated heterocycles. The third-order valence-corrected chi connectivity index (χ3v) is 10.4. The number of rotatable bonds is 5. The summed E-state index contributed by atoms with van der Waals surface area (Å²) >= 11 is 0. The van der Waals surface area contributed by atoms with Crippen molar-refractivity contribution >= 4 is 30.6 Å². The minimum absolute atomic E-state index is 0.0751. The van der Waals surface area contributed by atoms with Gasteiger partial charge in [-0.25, -0.2) is 4.79 Å². The van der Waals surface area contributed by atoms with E-state index in [0.29, 0.717) is 22.2 Å². The van der Waals surface area contributed by atoms with E-state index in [1.165, 1.54) is 4.90 Å². The molecule has 12 nitrogen and oxygen atoms in total. The van der Waals surface area contributed by atoms with Crippen LogP contribution in [-0.4, -0.2) is 66.5 Å². The van der Waals surface area contributed by atoms with Gasteiger partial charge in [-0.2, -0.15) is 18.6 Å². The molecule has 2 unspecified atom stereocenters. The fraction of sp³-hybridized carbons (Fsp3) is 0.688. The Morgan fingerprint density at radius 3 is 2.57 bits per heavy atom. The quantitative estimate of drug-likeness (QED) is 0.222. The molecule has 2 aliphatic heterocycles. The lowest BCUT2D eigenvalue weighted by Gasteiger charge is -2.35. The molecule has 1 aromatic rings. The minimum Gasteiger partial charge on any atom is -0.453 e. The number of hydrogen-bond acceptors (Lipinski definition) is 7. The number of hydroxylamine groups is 2. The van der Waals surface area contributed by atoms with E-state index in [9.17, 15) is 13.2 Å². The molecule has 1 aromatic heterocycles. The van der Waals surface area contributed by atoms with Crippen LogP contribution in [0.3, 0.4) is 0 Å². The lowest BCUT2D eigenvalue weighted by Crippen LogP contribution is -2.45. The summed E-state index contributed by atoms with van der Waals surface area (Å²) in [5, 5.41) is 12.2. The van der Waals surface area contributed by atoms with Crippen molar-refractivity contribution in [3.05, 3.63) is 17.5 Å². The molecule has 0 aliphatic carbocycles. The Morgan fingerprint density at radius 1 is 1.40 bits per heavy atom. The van der Waals surface area contributed by atoms with Crippen molar-refractivity contribution in [1.29, 1.82) is 0 Å². The van der Waals surface area contributed by atoms with Crippen molar-refractivity contribution in [2.24, 2.45) is 12.2 Å². The Morgan fingerprint density at radius 2 is 2.03 bits per heavy atom. The first-order valence-electron chi connectivity index (χ1n) is 9.40. The molecule has 168 valence electrons. The van der Waals surface area contributed by atoms with E-state index in [1.54, 1.807) is 25.0 Å². The summed E-state index contributed by atoms with van der Waals surface area (Å²) in [6, 6.07) is -2.14. The Balaban J connectivity index is 2.04. The second-order valence-electron chi connectivity index (χ2n) is 8.87. The van der Waals surface area contributed by atoms with Gasteiger partial charge in [0.15, 0.2) is 5.84 Å².